The van der Waals surface area contributed by atoms with E-state index in [0.29, 0.717) is 27.8 Å². The molecule has 3 aromatic heterocycles. The summed E-state index contributed by atoms with van der Waals surface area (Å²) in [7, 11) is 4.66. The van der Waals surface area contributed by atoms with Crippen LogP contribution in [-0.2, 0) is 25.9 Å². The lowest BCUT2D eigenvalue weighted by Gasteiger charge is -2.15. The van der Waals surface area contributed by atoms with Crippen LogP contribution in [0.5, 0.6) is 0 Å². The number of hydrogen-bond donors (Lipinski definition) is 1. The number of rotatable bonds is 5. The zero-order valence-electron chi connectivity index (χ0n) is 16.9. The number of aliphatic carboxylic acids is 1. The van der Waals surface area contributed by atoms with Crippen LogP contribution in [0.1, 0.15) is 19.4 Å². The number of hydrogen-bond acceptors (Lipinski definition) is 6. The fourth-order valence-corrected chi connectivity index (χ4v) is 4.53. The molecule has 1 N–H and O–H groups in total. The van der Waals surface area contributed by atoms with Gasteiger partial charge in [0.2, 0.25) is 0 Å². The maximum atomic E-state index is 12.6. The number of fused-ring (bicyclic) bond motifs is 2. The van der Waals surface area contributed by atoms with E-state index >= 15 is 0 Å². The van der Waals surface area contributed by atoms with Gasteiger partial charge in [-0.3, -0.25) is 13.9 Å². The maximum absolute atomic E-state index is 12.6. The highest BCUT2D eigenvalue weighted by Crippen LogP contribution is 2.33. The molecule has 1 unspecified atom stereocenters. The normalized spacial score (nSPS) is 12.7. The van der Waals surface area contributed by atoms with Crippen molar-refractivity contribution in [2.45, 2.75) is 29.7 Å². The van der Waals surface area contributed by atoms with Crippen molar-refractivity contribution in [3.8, 4) is 0 Å². The zero-order chi connectivity index (χ0) is 21.7. The largest absolute Gasteiger partial charge is 0.480 e. The third kappa shape index (κ3) is 2.84. The number of benzene rings is 1. The summed E-state index contributed by atoms with van der Waals surface area (Å²) in [5.74, 6) is -0.955. The number of aryl methyl sites for hydroxylation is 2. The summed E-state index contributed by atoms with van der Waals surface area (Å²) >= 11 is 1.16. The lowest BCUT2D eigenvalue weighted by Crippen LogP contribution is -2.37. The Morgan fingerprint density at radius 2 is 1.77 bits per heavy atom. The fraction of sp³-hybridized carbons (Fsp3) is 0.316. The van der Waals surface area contributed by atoms with Crippen LogP contribution in [0, 0.1) is 0 Å². The van der Waals surface area contributed by atoms with Gasteiger partial charge in [-0.05, 0) is 30.3 Å². The Morgan fingerprint density at radius 1 is 1.07 bits per heavy atom. The first-order valence-electron chi connectivity index (χ1n) is 9.26. The van der Waals surface area contributed by atoms with E-state index in [4.69, 9.17) is 0 Å². The molecule has 0 amide bonds. The van der Waals surface area contributed by atoms with E-state index in [1.165, 1.54) is 11.6 Å². The molecule has 0 saturated heterocycles. The molecule has 4 aromatic rings. The first kappa shape index (κ1) is 20.0. The van der Waals surface area contributed by atoms with Gasteiger partial charge in [-0.15, -0.1) is 0 Å². The molecule has 0 aliphatic heterocycles. The summed E-state index contributed by atoms with van der Waals surface area (Å²) in [6.45, 7) is 1.80. The number of nitrogens with zero attached hydrogens (tertiary/aromatic N) is 6. The molecule has 3 heterocycles. The van der Waals surface area contributed by atoms with Crippen molar-refractivity contribution in [2.75, 3.05) is 0 Å². The average Bonchev–Trinajstić information content (AvgIpc) is 3.24. The Morgan fingerprint density at radius 3 is 2.43 bits per heavy atom. The first-order chi connectivity index (χ1) is 14.3. The smallest absolute Gasteiger partial charge is 0.332 e. The molecule has 30 heavy (non-hydrogen) atoms. The molecular formula is C19H20N6O4S. The van der Waals surface area contributed by atoms with Gasteiger partial charge in [0.05, 0.1) is 11.0 Å². The van der Waals surface area contributed by atoms with Crippen LogP contribution < -0.4 is 11.2 Å². The van der Waals surface area contributed by atoms with Crippen LogP contribution in [-0.4, -0.2) is 39.3 Å². The second-order valence-corrected chi connectivity index (χ2v) is 7.88. The number of imidazole rings is 2. The van der Waals surface area contributed by atoms with Crippen molar-refractivity contribution in [2.24, 2.45) is 21.1 Å². The summed E-state index contributed by atoms with van der Waals surface area (Å²) in [5.41, 5.74) is 1.01. The minimum absolute atomic E-state index is 0.265. The molecule has 0 bridgehead atoms. The van der Waals surface area contributed by atoms with E-state index in [2.05, 4.69) is 9.97 Å². The molecule has 0 saturated carbocycles. The standard InChI is InChI=1S/C19H20N6O4S/c1-5-11(16(27)28)25-12-9-7-6-8-10(12)20-18(25)30-17-21-14-13(22(17)2)15(26)24(4)19(29)23(14)3/h6-9,11H,5H2,1-4H3,(H,27,28). The van der Waals surface area contributed by atoms with E-state index < -0.39 is 23.3 Å². The van der Waals surface area contributed by atoms with Crippen molar-refractivity contribution < 1.29 is 9.90 Å². The third-order valence-electron chi connectivity index (χ3n) is 5.16. The van der Waals surface area contributed by atoms with E-state index in [0.717, 1.165) is 16.3 Å². The molecule has 1 aromatic carbocycles. The van der Waals surface area contributed by atoms with Crippen molar-refractivity contribution in [3.63, 3.8) is 0 Å². The van der Waals surface area contributed by atoms with E-state index in [-0.39, 0.29) is 11.2 Å². The Bertz CT molecular complexity index is 1430. The molecule has 4 rings (SSSR count). The summed E-state index contributed by atoms with van der Waals surface area (Å²) in [5, 5.41) is 10.6. The highest BCUT2D eigenvalue weighted by atomic mass is 32.2. The number of carbonyl (C=O) groups is 1. The third-order valence-corrected chi connectivity index (χ3v) is 6.18. The number of carboxylic acids is 1. The lowest BCUT2D eigenvalue weighted by atomic mass is 10.2. The second-order valence-electron chi connectivity index (χ2n) is 6.95. The van der Waals surface area contributed by atoms with Gasteiger partial charge in [0.15, 0.2) is 21.5 Å². The van der Waals surface area contributed by atoms with Gasteiger partial charge < -0.3 is 14.2 Å². The lowest BCUT2D eigenvalue weighted by molar-refractivity contribution is -0.141. The highest BCUT2D eigenvalue weighted by molar-refractivity contribution is 7.99. The van der Waals surface area contributed by atoms with Gasteiger partial charge in [-0.2, -0.15) is 0 Å². The summed E-state index contributed by atoms with van der Waals surface area (Å²) in [6.07, 6.45) is 0.376. The van der Waals surface area contributed by atoms with Crippen molar-refractivity contribution in [1.29, 1.82) is 0 Å². The Labute approximate surface area is 174 Å². The summed E-state index contributed by atoms with van der Waals surface area (Å²) in [4.78, 5) is 45.8. The number of para-hydroxylation sites is 2. The van der Waals surface area contributed by atoms with Gasteiger partial charge in [-0.1, -0.05) is 19.1 Å². The number of aromatic nitrogens is 6. The molecule has 0 radical (unpaired) electrons. The monoisotopic (exact) mass is 428 g/mol. The molecule has 0 fully saturated rings. The van der Waals surface area contributed by atoms with Crippen LogP contribution in [0.3, 0.4) is 0 Å². The van der Waals surface area contributed by atoms with Gasteiger partial charge in [0.25, 0.3) is 5.56 Å². The van der Waals surface area contributed by atoms with E-state index in [1.807, 2.05) is 24.3 Å². The molecule has 156 valence electrons. The molecule has 10 nitrogen and oxygen atoms in total. The van der Waals surface area contributed by atoms with Gasteiger partial charge >= 0.3 is 11.7 Å². The maximum Gasteiger partial charge on any atom is 0.332 e. The minimum Gasteiger partial charge on any atom is -0.480 e. The van der Waals surface area contributed by atoms with Gasteiger partial charge in [0.1, 0.15) is 6.04 Å². The second kappa shape index (κ2) is 7.17. The van der Waals surface area contributed by atoms with Crippen LogP contribution in [0.2, 0.25) is 0 Å². The molecule has 0 spiro atoms. The van der Waals surface area contributed by atoms with Crippen LogP contribution in [0.15, 0.2) is 44.2 Å². The Hall–Kier alpha value is -3.34. The summed E-state index contributed by atoms with van der Waals surface area (Å²) < 4.78 is 5.63. The van der Waals surface area contributed by atoms with E-state index in [1.54, 1.807) is 30.2 Å². The highest BCUT2D eigenvalue weighted by Gasteiger charge is 2.26. The van der Waals surface area contributed by atoms with Crippen LogP contribution in [0.4, 0.5) is 0 Å². The molecule has 1 atom stereocenters. The number of carboxylic acid groups (broad SMARTS) is 1. The topological polar surface area (TPSA) is 117 Å². The SMILES string of the molecule is CCC(C(=O)O)n1c(Sc2nc3c(c(=O)n(C)c(=O)n3C)n2C)nc2ccccc21. The zero-order valence-corrected chi connectivity index (χ0v) is 17.7. The molecule has 11 heteroatoms. The van der Waals surface area contributed by atoms with Crippen molar-refractivity contribution in [1.82, 2.24) is 28.2 Å². The average molecular weight is 428 g/mol. The van der Waals surface area contributed by atoms with Crippen LogP contribution >= 0.6 is 11.8 Å². The van der Waals surface area contributed by atoms with Gasteiger partial charge in [-0.25, -0.2) is 19.6 Å². The van der Waals surface area contributed by atoms with Crippen molar-refractivity contribution in [3.05, 3.63) is 45.1 Å². The van der Waals surface area contributed by atoms with Crippen LogP contribution in [0.25, 0.3) is 22.2 Å². The first-order valence-corrected chi connectivity index (χ1v) is 10.1. The molecular weight excluding hydrogens is 408 g/mol. The summed E-state index contributed by atoms with van der Waals surface area (Å²) in [6, 6.07) is 6.51. The Balaban J connectivity index is 1.95. The quantitative estimate of drug-likeness (QED) is 0.512. The van der Waals surface area contributed by atoms with Gasteiger partial charge in [0, 0.05) is 21.1 Å². The van der Waals surface area contributed by atoms with Crippen molar-refractivity contribution >= 4 is 39.9 Å². The molecule has 0 aliphatic carbocycles. The van der Waals surface area contributed by atoms with E-state index in [9.17, 15) is 19.5 Å². The fourth-order valence-electron chi connectivity index (χ4n) is 3.53. The molecule has 0 aliphatic rings. The minimum atomic E-state index is -0.955. The Kier molecular flexibility index (Phi) is 4.77. The predicted molar refractivity (Wildman–Crippen MR) is 112 cm³/mol. The predicted octanol–water partition coefficient (Wildman–Crippen LogP) is 1.51.